The van der Waals surface area contributed by atoms with Crippen LogP contribution < -0.4 is 5.43 Å². The molecule has 0 amide bonds. The second kappa shape index (κ2) is 7.63. The highest BCUT2D eigenvalue weighted by molar-refractivity contribution is 9.10. The zero-order valence-electron chi connectivity index (χ0n) is 14.1. The maximum Gasteiger partial charge on any atom is 0.162 e. The van der Waals surface area contributed by atoms with E-state index < -0.39 is 0 Å². The van der Waals surface area contributed by atoms with Crippen LogP contribution in [0, 0.1) is 5.82 Å². The minimum absolute atomic E-state index is 0.277. The van der Waals surface area contributed by atoms with Gasteiger partial charge in [0.25, 0.3) is 0 Å². The van der Waals surface area contributed by atoms with Crippen molar-refractivity contribution in [2.45, 2.75) is 0 Å². The van der Waals surface area contributed by atoms with Gasteiger partial charge >= 0.3 is 0 Å². The van der Waals surface area contributed by atoms with Gasteiger partial charge in [-0.25, -0.2) is 14.4 Å². The Labute approximate surface area is 163 Å². The molecule has 0 atom stereocenters. The van der Waals surface area contributed by atoms with Gasteiger partial charge in [-0.15, -0.1) is 0 Å². The number of aromatic nitrogens is 2. The fourth-order valence-electron chi connectivity index (χ4n) is 2.61. The fraction of sp³-hybridized carbons (Fsp3) is 0. The number of hydrogen-bond acceptors (Lipinski definition) is 4. The summed E-state index contributed by atoms with van der Waals surface area (Å²) in [7, 11) is 0. The summed E-state index contributed by atoms with van der Waals surface area (Å²) in [5.41, 5.74) is 5.51. The van der Waals surface area contributed by atoms with Gasteiger partial charge < -0.3 is 0 Å². The molecule has 1 heterocycles. The highest BCUT2D eigenvalue weighted by Gasteiger charge is 2.08. The van der Waals surface area contributed by atoms with E-state index in [0.717, 1.165) is 26.5 Å². The first-order chi connectivity index (χ1) is 13.2. The van der Waals surface area contributed by atoms with E-state index in [4.69, 9.17) is 0 Å². The molecule has 27 heavy (non-hydrogen) atoms. The molecule has 0 saturated carbocycles. The minimum atomic E-state index is -0.277. The van der Waals surface area contributed by atoms with Crippen LogP contribution in [0.5, 0.6) is 0 Å². The summed E-state index contributed by atoms with van der Waals surface area (Å²) in [5.74, 6) is 0.943. The molecule has 1 N–H and O–H groups in total. The number of nitrogens with zero attached hydrogens (tertiary/aromatic N) is 3. The lowest BCUT2D eigenvalue weighted by molar-refractivity contribution is 0.628. The minimum Gasteiger partial charge on any atom is -0.261 e. The highest BCUT2D eigenvalue weighted by atomic mass is 79.9. The Morgan fingerprint density at radius 1 is 0.889 bits per heavy atom. The number of rotatable bonds is 4. The first-order valence-corrected chi connectivity index (χ1v) is 9.06. The molecule has 0 fully saturated rings. The first kappa shape index (κ1) is 17.3. The summed E-state index contributed by atoms with van der Waals surface area (Å²) in [5, 5.41) is 5.12. The van der Waals surface area contributed by atoms with Gasteiger partial charge in [-0.3, -0.25) is 5.43 Å². The highest BCUT2D eigenvalue weighted by Crippen LogP contribution is 2.25. The van der Waals surface area contributed by atoms with Crippen molar-refractivity contribution >= 4 is 38.9 Å². The molecule has 0 radical (unpaired) electrons. The first-order valence-electron chi connectivity index (χ1n) is 8.26. The van der Waals surface area contributed by atoms with E-state index >= 15 is 0 Å². The average Bonchev–Trinajstić information content (AvgIpc) is 2.70. The van der Waals surface area contributed by atoms with E-state index in [2.05, 4.69) is 36.4 Å². The maximum absolute atomic E-state index is 13.0. The van der Waals surface area contributed by atoms with Crippen molar-refractivity contribution in [1.82, 2.24) is 9.97 Å². The van der Waals surface area contributed by atoms with Crippen LogP contribution in [-0.4, -0.2) is 16.2 Å². The summed E-state index contributed by atoms with van der Waals surface area (Å²) < 4.78 is 14.0. The van der Waals surface area contributed by atoms with Gasteiger partial charge in [0.15, 0.2) is 11.6 Å². The van der Waals surface area contributed by atoms with Crippen molar-refractivity contribution in [1.29, 1.82) is 0 Å². The third-order valence-corrected chi connectivity index (χ3v) is 4.49. The zero-order chi connectivity index (χ0) is 18.6. The lowest BCUT2D eigenvalue weighted by Crippen LogP contribution is -1.99. The zero-order valence-corrected chi connectivity index (χ0v) is 15.7. The maximum atomic E-state index is 13.0. The van der Waals surface area contributed by atoms with Gasteiger partial charge in [0.1, 0.15) is 5.82 Å². The SMILES string of the molecule is Fc1ccc(/C=N\Nc2nc(-c3ccc(Br)cc3)nc3ccccc23)cc1. The molecule has 4 nitrogen and oxygen atoms in total. The fourth-order valence-corrected chi connectivity index (χ4v) is 2.87. The van der Waals surface area contributed by atoms with Crippen molar-refractivity contribution in [2.75, 3.05) is 5.43 Å². The van der Waals surface area contributed by atoms with E-state index in [1.54, 1.807) is 18.3 Å². The van der Waals surface area contributed by atoms with Gasteiger partial charge in [0.05, 0.1) is 11.7 Å². The molecule has 6 heteroatoms. The number of fused-ring (bicyclic) bond motifs is 1. The van der Waals surface area contributed by atoms with Crippen molar-refractivity contribution < 1.29 is 4.39 Å². The van der Waals surface area contributed by atoms with Crippen LogP contribution in [0.3, 0.4) is 0 Å². The molecule has 1 aromatic heterocycles. The molecule has 0 saturated heterocycles. The van der Waals surface area contributed by atoms with Crippen LogP contribution in [0.25, 0.3) is 22.3 Å². The van der Waals surface area contributed by atoms with Crippen molar-refractivity contribution in [3.8, 4) is 11.4 Å². The lowest BCUT2D eigenvalue weighted by Gasteiger charge is -2.08. The van der Waals surface area contributed by atoms with E-state index in [9.17, 15) is 4.39 Å². The number of halogens is 2. The number of hydrogen-bond donors (Lipinski definition) is 1. The van der Waals surface area contributed by atoms with Crippen LogP contribution in [0.1, 0.15) is 5.56 Å². The molecule has 0 unspecified atom stereocenters. The summed E-state index contributed by atoms with van der Waals surface area (Å²) in [6, 6.07) is 21.7. The summed E-state index contributed by atoms with van der Waals surface area (Å²) in [6.07, 6.45) is 1.62. The lowest BCUT2D eigenvalue weighted by atomic mass is 10.2. The molecular formula is C21H14BrFN4. The van der Waals surface area contributed by atoms with Gasteiger partial charge in [-0.1, -0.05) is 52.3 Å². The molecule has 3 aromatic carbocycles. The molecular weight excluding hydrogens is 407 g/mol. The largest absolute Gasteiger partial charge is 0.261 e. The Morgan fingerprint density at radius 3 is 2.41 bits per heavy atom. The van der Waals surface area contributed by atoms with Crippen LogP contribution in [0.4, 0.5) is 10.2 Å². The molecule has 0 spiro atoms. The number of nitrogens with one attached hydrogen (secondary N) is 1. The quantitative estimate of drug-likeness (QED) is 0.343. The predicted molar refractivity (Wildman–Crippen MR) is 110 cm³/mol. The molecule has 0 aliphatic carbocycles. The standard InChI is InChI=1S/C21H14BrFN4/c22-16-9-7-15(8-10-16)20-25-19-4-2-1-3-18(19)21(26-20)27-24-13-14-5-11-17(23)12-6-14/h1-13H,(H,25,26,27)/b24-13-. The molecule has 4 rings (SSSR count). The van der Waals surface area contributed by atoms with Gasteiger partial charge in [-0.05, 0) is 42.0 Å². The van der Waals surface area contributed by atoms with E-state index in [0.29, 0.717) is 11.6 Å². The molecule has 132 valence electrons. The Morgan fingerprint density at radius 2 is 1.63 bits per heavy atom. The Balaban J connectivity index is 1.70. The number of para-hydroxylation sites is 1. The average molecular weight is 421 g/mol. The number of hydrazone groups is 1. The van der Waals surface area contributed by atoms with Crippen molar-refractivity contribution in [3.63, 3.8) is 0 Å². The number of benzene rings is 3. The van der Waals surface area contributed by atoms with Crippen LogP contribution in [0.2, 0.25) is 0 Å². The summed E-state index contributed by atoms with van der Waals surface area (Å²) in [6.45, 7) is 0. The molecule has 0 aliphatic rings. The smallest absolute Gasteiger partial charge is 0.162 e. The Hall–Kier alpha value is -3.12. The summed E-state index contributed by atoms with van der Waals surface area (Å²) >= 11 is 3.44. The third kappa shape index (κ3) is 4.01. The molecule has 4 aromatic rings. The summed E-state index contributed by atoms with van der Waals surface area (Å²) in [4.78, 5) is 9.29. The van der Waals surface area contributed by atoms with E-state index in [1.165, 1.54) is 12.1 Å². The second-order valence-corrected chi connectivity index (χ2v) is 6.76. The predicted octanol–water partition coefficient (Wildman–Crippen LogP) is 5.64. The van der Waals surface area contributed by atoms with Gasteiger partial charge in [0.2, 0.25) is 0 Å². The Kier molecular flexibility index (Phi) is 4.89. The van der Waals surface area contributed by atoms with Crippen molar-refractivity contribution in [2.24, 2.45) is 5.10 Å². The van der Waals surface area contributed by atoms with E-state index in [-0.39, 0.29) is 5.82 Å². The van der Waals surface area contributed by atoms with Crippen LogP contribution in [0.15, 0.2) is 82.4 Å². The van der Waals surface area contributed by atoms with Crippen molar-refractivity contribution in [3.05, 3.63) is 88.6 Å². The normalized spacial score (nSPS) is 11.2. The topological polar surface area (TPSA) is 50.2 Å². The third-order valence-electron chi connectivity index (χ3n) is 3.96. The van der Waals surface area contributed by atoms with Gasteiger partial charge in [-0.2, -0.15) is 5.10 Å². The molecule has 0 bridgehead atoms. The molecule has 0 aliphatic heterocycles. The number of anilines is 1. The van der Waals surface area contributed by atoms with Crippen LogP contribution in [-0.2, 0) is 0 Å². The van der Waals surface area contributed by atoms with Crippen LogP contribution >= 0.6 is 15.9 Å². The Bertz CT molecular complexity index is 1110. The monoisotopic (exact) mass is 420 g/mol. The van der Waals surface area contributed by atoms with E-state index in [1.807, 2.05) is 48.5 Å². The van der Waals surface area contributed by atoms with Gasteiger partial charge in [0, 0.05) is 15.4 Å². The second-order valence-electron chi connectivity index (χ2n) is 5.84.